The quantitative estimate of drug-likeness (QED) is 0.690. The lowest BCUT2D eigenvalue weighted by atomic mass is 10.1. The third-order valence-corrected chi connectivity index (χ3v) is 3.55. The highest BCUT2D eigenvalue weighted by molar-refractivity contribution is 7.32. The van der Waals surface area contributed by atoms with Crippen molar-refractivity contribution in [3.05, 3.63) is 18.3 Å². The Morgan fingerprint density at radius 1 is 1.58 bits per heavy atom. The van der Waals surface area contributed by atoms with Gasteiger partial charge in [0.2, 0.25) is 0 Å². The number of anilines is 1. The molecule has 1 aliphatic rings. The number of halogens is 1. The molecule has 1 fully saturated rings. The van der Waals surface area contributed by atoms with Crippen molar-refractivity contribution in [2.75, 3.05) is 11.9 Å². The van der Waals surface area contributed by atoms with Gasteiger partial charge in [0.15, 0.2) is 11.6 Å². The highest BCUT2D eigenvalue weighted by Crippen LogP contribution is 2.35. The van der Waals surface area contributed by atoms with Crippen molar-refractivity contribution in [3.63, 3.8) is 0 Å². The molecule has 4 atom stereocenters. The van der Waals surface area contributed by atoms with Crippen LogP contribution >= 0.6 is 8.25 Å². The number of aromatic nitrogens is 2. The first-order chi connectivity index (χ1) is 9.10. The molecule has 2 unspecified atom stereocenters. The van der Waals surface area contributed by atoms with E-state index in [1.165, 1.54) is 6.33 Å². The van der Waals surface area contributed by atoms with Crippen molar-refractivity contribution < 1.29 is 23.5 Å². The summed E-state index contributed by atoms with van der Waals surface area (Å²) >= 11 is 0. The largest absolute Gasteiger partial charge is 0.695 e. The molecule has 0 spiro atoms. The molecule has 0 bridgehead atoms. The maximum Gasteiger partial charge on any atom is 0.695 e. The van der Waals surface area contributed by atoms with Crippen molar-refractivity contribution in [3.8, 4) is 0 Å². The molecule has 1 heterocycles. The lowest BCUT2D eigenvalue weighted by molar-refractivity contribution is 0.106. The molecular formula is C10H14FN3O4P+. The summed E-state index contributed by atoms with van der Waals surface area (Å²) in [7, 11) is -2.72. The Morgan fingerprint density at radius 2 is 2.37 bits per heavy atom. The summed E-state index contributed by atoms with van der Waals surface area (Å²) in [4.78, 5) is 16.1. The molecule has 7 nitrogen and oxygen atoms in total. The van der Waals surface area contributed by atoms with E-state index in [1.54, 1.807) is 0 Å². The van der Waals surface area contributed by atoms with Gasteiger partial charge in [-0.05, 0) is 12.8 Å². The number of hydrogen-bond donors (Lipinski definition) is 3. The summed E-state index contributed by atoms with van der Waals surface area (Å²) in [6, 6.07) is -0.179. The minimum atomic E-state index is -2.72. The van der Waals surface area contributed by atoms with Crippen LogP contribution < -0.4 is 5.32 Å². The fraction of sp³-hybridized carbons (Fsp3) is 0.600. The molecule has 0 radical (unpaired) electrons. The van der Waals surface area contributed by atoms with Gasteiger partial charge in [-0.2, -0.15) is 0 Å². The second kappa shape index (κ2) is 6.29. The van der Waals surface area contributed by atoms with Crippen LogP contribution in [0.15, 0.2) is 12.5 Å². The number of aliphatic hydroxyl groups is 1. The smallest absolute Gasteiger partial charge is 0.396 e. The molecule has 1 saturated carbocycles. The molecular weight excluding hydrogens is 276 g/mol. The van der Waals surface area contributed by atoms with Crippen LogP contribution in [0.5, 0.6) is 0 Å². The van der Waals surface area contributed by atoms with E-state index < -0.39 is 20.2 Å². The van der Waals surface area contributed by atoms with Crippen LogP contribution in [0.1, 0.15) is 12.8 Å². The van der Waals surface area contributed by atoms with Crippen molar-refractivity contribution in [1.29, 1.82) is 0 Å². The molecule has 1 aromatic heterocycles. The summed E-state index contributed by atoms with van der Waals surface area (Å²) in [6.45, 7) is -0.154. The zero-order chi connectivity index (χ0) is 13.8. The third-order valence-electron chi connectivity index (χ3n) is 3.10. The lowest BCUT2D eigenvalue weighted by Gasteiger charge is -2.12. The van der Waals surface area contributed by atoms with Gasteiger partial charge in [-0.3, -0.25) is 0 Å². The van der Waals surface area contributed by atoms with Crippen LogP contribution in [0.4, 0.5) is 10.2 Å². The predicted octanol–water partition coefficient (Wildman–Crippen LogP) is 0.833. The van der Waals surface area contributed by atoms with E-state index in [2.05, 4.69) is 15.3 Å². The van der Waals surface area contributed by atoms with Gasteiger partial charge in [0.1, 0.15) is 12.4 Å². The minimum Gasteiger partial charge on any atom is -0.396 e. The Morgan fingerprint density at radius 3 is 3.00 bits per heavy atom. The highest BCUT2D eigenvalue weighted by atomic mass is 31.1. The van der Waals surface area contributed by atoms with Gasteiger partial charge in [0.25, 0.3) is 0 Å². The van der Waals surface area contributed by atoms with Gasteiger partial charge < -0.3 is 10.4 Å². The van der Waals surface area contributed by atoms with Gasteiger partial charge in [-0.15, -0.1) is 9.42 Å². The number of rotatable bonds is 5. The second-order valence-corrected chi connectivity index (χ2v) is 5.04. The minimum absolute atomic E-state index is 0.0747. The van der Waals surface area contributed by atoms with Crippen molar-refractivity contribution in [2.45, 2.75) is 25.0 Å². The van der Waals surface area contributed by atoms with Crippen LogP contribution in [0.2, 0.25) is 0 Å². The van der Waals surface area contributed by atoms with E-state index in [4.69, 9.17) is 9.42 Å². The van der Waals surface area contributed by atoms with E-state index in [0.717, 1.165) is 6.20 Å². The first-order valence-corrected chi connectivity index (χ1v) is 6.89. The van der Waals surface area contributed by atoms with E-state index >= 15 is 0 Å². The molecule has 2 rings (SSSR count). The molecule has 104 valence electrons. The summed E-state index contributed by atoms with van der Waals surface area (Å²) < 4.78 is 28.9. The maximum atomic E-state index is 13.4. The standard InChI is InChI=1S/C10H13FN3O4P/c11-8-3-12-5-13-10(8)14-7-1-6(4-15)9(2-7)18-19(16)17/h3,5-7,9,15H,1-2,4H2,(H-,12,13,14,16,17)/p+1/t6-,7-,9?/m1/s1. The first-order valence-electron chi connectivity index (χ1n) is 5.76. The summed E-state index contributed by atoms with van der Waals surface area (Å²) in [6.07, 6.45) is 2.65. The van der Waals surface area contributed by atoms with Gasteiger partial charge in [-0.25, -0.2) is 14.4 Å². The van der Waals surface area contributed by atoms with Crippen LogP contribution in [-0.2, 0) is 9.09 Å². The second-order valence-electron chi connectivity index (χ2n) is 4.36. The molecule has 9 heteroatoms. The summed E-state index contributed by atoms with van der Waals surface area (Å²) in [5.41, 5.74) is 0. The first kappa shape index (κ1) is 14.2. The number of nitrogens with one attached hydrogen (secondary N) is 1. The predicted molar refractivity (Wildman–Crippen MR) is 63.9 cm³/mol. The lowest BCUT2D eigenvalue weighted by Crippen LogP contribution is -2.19. The fourth-order valence-corrected chi connectivity index (χ4v) is 2.74. The van der Waals surface area contributed by atoms with Gasteiger partial charge in [0.05, 0.1) is 6.20 Å². The Balaban J connectivity index is 2.00. The van der Waals surface area contributed by atoms with Crippen LogP contribution in [0, 0.1) is 11.7 Å². The maximum absolute atomic E-state index is 13.4. The monoisotopic (exact) mass is 290 g/mol. The van der Waals surface area contributed by atoms with E-state index in [0.29, 0.717) is 12.8 Å². The molecule has 0 saturated heterocycles. The normalized spacial score (nSPS) is 27.3. The van der Waals surface area contributed by atoms with Crippen LogP contribution in [0.3, 0.4) is 0 Å². The topological polar surface area (TPSA) is 105 Å². The van der Waals surface area contributed by atoms with Crippen molar-refractivity contribution >= 4 is 14.1 Å². The van der Waals surface area contributed by atoms with Crippen molar-refractivity contribution in [1.82, 2.24) is 9.97 Å². The highest BCUT2D eigenvalue weighted by Gasteiger charge is 2.40. The fourth-order valence-electron chi connectivity index (χ4n) is 2.25. The summed E-state index contributed by atoms with van der Waals surface area (Å²) in [5, 5.41) is 12.1. The average Bonchev–Trinajstić information content (AvgIpc) is 2.73. The number of hydrogen-bond acceptors (Lipinski definition) is 6. The molecule has 1 aliphatic carbocycles. The number of aliphatic hydroxyl groups excluding tert-OH is 1. The van der Waals surface area contributed by atoms with E-state index in [-0.39, 0.29) is 24.4 Å². The van der Waals surface area contributed by atoms with Crippen LogP contribution in [-0.4, -0.2) is 38.7 Å². The summed E-state index contributed by atoms with van der Waals surface area (Å²) in [5.74, 6) is -0.750. The molecule has 0 aliphatic heterocycles. The van der Waals surface area contributed by atoms with Crippen molar-refractivity contribution in [2.24, 2.45) is 5.92 Å². The van der Waals surface area contributed by atoms with E-state index in [1.807, 2.05) is 0 Å². The Labute approximate surface area is 109 Å². The zero-order valence-electron chi connectivity index (χ0n) is 9.94. The third kappa shape index (κ3) is 3.63. The van der Waals surface area contributed by atoms with Gasteiger partial charge in [0, 0.05) is 23.1 Å². The molecule has 0 amide bonds. The zero-order valence-corrected chi connectivity index (χ0v) is 10.8. The van der Waals surface area contributed by atoms with Gasteiger partial charge >= 0.3 is 8.25 Å². The Hall–Kier alpha value is -1.21. The molecule has 0 aromatic carbocycles. The molecule has 19 heavy (non-hydrogen) atoms. The van der Waals surface area contributed by atoms with E-state index in [9.17, 15) is 14.1 Å². The Kier molecular flexibility index (Phi) is 4.71. The average molecular weight is 290 g/mol. The molecule has 3 N–H and O–H groups in total. The number of nitrogens with zero attached hydrogens (tertiary/aromatic N) is 2. The SMILES string of the molecule is O=[P+](O)OC1C[C@H](Nc2ncncc2F)C[C@@H]1CO. The van der Waals surface area contributed by atoms with Gasteiger partial charge in [-0.1, -0.05) is 0 Å². The Bertz CT molecular complexity index is 464. The molecule has 1 aromatic rings. The van der Waals surface area contributed by atoms with Crippen LogP contribution in [0.25, 0.3) is 0 Å².